The van der Waals surface area contributed by atoms with Gasteiger partial charge in [-0.1, -0.05) is 30.3 Å². The van der Waals surface area contributed by atoms with E-state index < -0.39 is 0 Å². The Bertz CT molecular complexity index is 363. The first kappa shape index (κ1) is 12.5. The van der Waals surface area contributed by atoms with Crippen molar-refractivity contribution in [3.05, 3.63) is 35.9 Å². The number of amides is 1. The molecule has 1 amide bonds. The summed E-state index contributed by atoms with van der Waals surface area (Å²) < 4.78 is 0. The first-order valence-electron chi connectivity index (χ1n) is 5.91. The summed E-state index contributed by atoms with van der Waals surface area (Å²) in [5.41, 5.74) is 1.15. The molecule has 2 N–H and O–H groups in total. The van der Waals surface area contributed by atoms with E-state index in [1.165, 1.54) is 0 Å². The van der Waals surface area contributed by atoms with Gasteiger partial charge in [-0.2, -0.15) is 0 Å². The molecule has 0 radical (unpaired) electrons. The van der Waals surface area contributed by atoms with Crippen LogP contribution in [-0.4, -0.2) is 23.6 Å². The summed E-state index contributed by atoms with van der Waals surface area (Å²) in [6, 6.07) is 10.5. The van der Waals surface area contributed by atoms with Crippen LogP contribution in [-0.2, 0) is 4.79 Å². The summed E-state index contributed by atoms with van der Waals surface area (Å²) in [6.45, 7) is 2.02. The summed E-state index contributed by atoms with van der Waals surface area (Å²) in [5.74, 6) is 2.13. The molecule has 1 fully saturated rings. The Morgan fingerprint density at radius 3 is 2.94 bits per heavy atom. The van der Waals surface area contributed by atoms with Gasteiger partial charge in [0.2, 0.25) is 5.91 Å². The number of carbonyl (C=O) groups excluding carboxylic acids is 1. The highest BCUT2D eigenvalue weighted by molar-refractivity contribution is 7.99. The summed E-state index contributed by atoms with van der Waals surface area (Å²) in [6.07, 6.45) is 0.574. The van der Waals surface area contributed by atoms with E-state index in [1.807, 2.05) is 49.0 Å². The Balaban J connectivity index is 1.81. The van der Waals surface area contributed by atoms with Gasteiger partial charge in [0.05, 0.1) is 6.04 Å². The summed E-state index contributed by atoms with van der Waals surface area (Å²) >= 11 is 1.85. The molecule has 0 unspecified atom stereocenters. The minimum Gasteiger partial charge on any atom is -0.350 e. The quantitative estimate of drug-likeness (QED) is 0.858. The van der Waals surface area contributed by atoms with Crippen molar-refractivity contribution >= 4 is 17.7 Å². The summed E-state index contributed by atoms with van der Waals surface area (Å²) in [4.78, 5) is 11.8. The molecule has 2 atom stereocenters. The highest BCUT2D eigenvalue weighted by atomic mass is 32.2. The van der Waals surface area contributed by atoms with Crippen LogP contribution in [0.15, 0.2) is 30.3 Å². The molecule has 1 aliphatic heterocycles. The van der Waals surface area contributed by atoms with Gasteiger partial charge >= 0.3 is 0 Å². The third-order valence-electron chi connectivity index (χ3n) is 2.90. The molecule has 3 nitrogen and oxygen atoms in total. The van der Waals surface area contributed by atoms with E-state index in [9.17, 15) is 4.79 Å². The topological polar surface area (TPSA) is 41.1 Å². The van der Waals surface area contributed by atoms with E-state index in [0.717, 1.165) is 17.2 Å². The molecule has 0 bridgehead atoms. The molecular formula is C13H18N2OS. The molecule has 0 saturated carbocycles. The molecule has 2 rings (SSSR count). The van der Waals surface area contributed by atoms with E-state index in [-0.39, 0.29) is 11.9 Å². The molecule has 17 heavy (non-hydrogen) atoms. The third-order valence-corrected chi connectivity index (χ3v) is 3.91. The van der Waals surface area contributed by atoms with Crippen LogP contribution in [0.2, 0.25) is 0 Å². The van der Waals surface area contributed by atoms with Gasteiger partial charge < -0.3 is 10.6 Å². The van der Waals surface area contributed by atoms with Crippen LogP contribution in [0.5, 0.6) is 0 Å². The van der Waals surface area contributed by atoms with Crippen molar-refractivity contribution in [2.45, 2.75) is 25.4 Å². The maximum Gasteiger partial charge on any atom is 0.222 e. The van der Waals surface area contributed by atoms with Crippen molar-refractivity contribution in [3.63, 3.8) is 0 Å². The van der Waals surface area contributed by atoms with Gasteiger partial charge in [0, 0.05) is 24.1 Å². The average molecular weight is 250 g/mol. The number of rotatable bonds is 4. The Hall–Kier alpha value is -1.00. The lowest BCUT2D eigenvalue weighted by atomic mass is 10.1. The zero-order valence-corrected chi connectivity index (χ0v) is 10.8. The molecule has 0 spiro atoms. The van der Waals surface area contributed by atoms with E-state index in [2.05, 4.69) is 10.6 Å². The first-order chi connectivity index (χ1) is 8.25. The number of hydrogen-bond acceptors (Lipinski definition) is 3. The summed E-state index contributed by atoms with van der Waals surface area (Å²) in [5, 5.41) is 6.34. The molecule has 0 aliphatic carbocycles. The van der Waals surface area contributed by atoms with E-state index >= 15 is 0 Å². The van der Waals surface area contributed by atoms with Gasteiger partial charge in [0.15, 0.2) is 0 Å². The van der Waals surface area contributed by atoms with Crippen molar-refractivity contribution in [1.82, 2.24) is 10.6 Å². The zero-order valence-electron chi connectivity index (χ0n) is 9.98. The first-order valence-corrected chi connectivity index (χ1v) is 7.06. The highest BCUT2D eigenvalue weighted by Gasteiger charge is 2.19. The van der Waals surface area contributed by atoms with Gasteiger partial charge in [0.1, 0.15) is 0 Å². The largest absolute Gasteiger partial charge is 0.350 e. The molecule has 1 aromatic carbocycles. The van der Waals surface area contributed by atoms with Gasteiger partial charge in [-0.3, -0.25) is 4.79 Å². The minimum atomic E-state index is 0.0813. The fraction of sp³-hybridized carbons (Fsp3) is 0.462. The van der Waals surface area contributed by atoms with Crippen LogP contribution >= 0.6 is 11.8 Å². The molecule has 1 aliphatic rings. The van der Waals surface area contributed by atoms with Gasteiger partial charge in [-0.15, -0.1) is 11.8 Å². The predicted molar refractivity (Wildman–Crippen MR) is 71.9 cm³/mol. The van der Waals surface area contributed by atoms with Gasteiger partial charge in [-0.05, 0) is 12.5 Å². The molecule has 1 aromatic rings. The molecule has 4 heteroatoms. The van der Waals surface area contributed by atoms with E-state index in [0.29, 0.717) is 12.5 Å². The monoisotopic (exact) mass is 250 g/mol. The van der Waals surface area contributed by atoms with Crippen molar-refractivity contribution in [3.8, 4) is 0 Å². The SMILES string of the molecule is C[C@@H](NC(=O)C[C@H]1CSCN1)c1ccccc1. The Labute approximate surface area is 106 Å². The Morgan fingerprint density at radius 2 is 2.29 bits per heavy atom. The number of thioether (sulfide) groups is 1. The van der Waals surface area contributed by atoms with Crippen LogP contribution in [0, 0.1) is 0 Å². The average Bonchev–Trinajstić information content (AvgIpc) is 2.82. The van der Waals surface area contributed by atoms with E-state index in [4.69, 9.17) is 0 Å². The van der Waals surface area contributed by atoms with Crippen molar-refractivity contribution < 1.29 is 4.79 Å². The minimum absolute atomic E-state index is 0.0813. The van der Waals surface area contributed by atoms with Gasteiger partial charge in [0.25, 0.3) is 0 Å². The standard InChI is InChI=1S/C13H18N2OS/c1-10(11-5-3-2-4-6-11)15-13(16)7-12-8-17-9-14-12/h2-6,10,12,14H,7-9H2,1H3,(H,15,16)/t10-,12+/m1/s1. The van der Waals surface area contributed by atoms with Crippen LogP contribution < -0.4 is 10.6 Å². The number of nitrogens with one attached hydrogen (secondary N) is 2. The van der Waals surface area contributed by atoms with Crippen LogP contribution in [0.25, 0.3) is 0 Å². The molecule has 0 aromatic heterocycles. The molecule has 92 valence electrons. The normalized spacial score (nSPS) is 21.1. The highest BCUT2D eigenvalue weighted by Crippen LogP contribution is 2.14. The maximum atomic E-state index is 11.8. The second-order valence-corrected chi connectivity index (χ2v) is 5.35. The van der Waals surface area contributed by atoms with Crippen LogP contribution in [0.3, 0.4) is 0 Å². The number of carbonyl (C=O) groups is 1. The lowest BCUT2D eigenvalue weighted by Gasteiger charge is -2.16. The zero-order chi connectivity index (χ0) is 12.1. The number of benzene rings is 1. The van der Waals surface area contributed by atoms with Gasteiger partial charge in [-0.25, -0.2) is 0 Å². The third kappa shape index (κ3) is 3.75. The fourth-order valence-corrected chi connectivity index (χ4v) is 2.91. The van der Waals surface area contributed by atoms with Crippen LogP contribution in [0.1, 0.15) is 24.9 Å². The fourth-order valence-electron chi connectivity index (χ4n) is 1.92. The lowest BCUT2D eigenvalue weighted by molar-refractivity contribution is -0.122. The molecule has 1 heterocycles. The summed E-state index contributed by atoms with van der Waals surface area (Å²) in [7, 11) is 0. The lowest BCUT2D eigenvalue weighted by Crippen LogP contribution is -2.34. The maximum absolute atomic E-state index is 11.8. The van der Waals surface area contributed by atoms with Crippen molar-refractivity contribution in [2.24, 2.45) is 0 Å². The van der Waals surface area contributed by atoms with Crippen molar-refractivity contribution in [1.29, 1.82) is 0 Å². The number of hydrogen-bond donors (Lipinski definition) is 2. The Kier molecular flexibility index (Phi) is 4.45. The van der Waals surface area contributed by atoms with Crippen molar-refractivity contribution in [2.75, 3.05) is 11.6 Å². The molecule has 1 saturated heterocycles. The predicted octanol–water partition coefficient (Wildman–Crippen LogP) is 1.92. The Morgan fingerprint density at radius 1 is 1.53 bits per heavy atom. The smallest absolute Gasteiger partial charge is 0.222 e. The molecular weight excluding hydrogens is 232 g/mol. The second-order valence-electron chi connectivity index (χ2n) is 4.32. The van der Waals surface area contributed by atoms with Crippen LogP contribution in [0.4, 0.5) is 0 Å². The second kappa shape index (κ2) is 6.07. The van der Waals surface area contributed by atoms with E-state index in [1.54, 1.807) is 0 Å².